The van der Waals surface area contributed by atoms with Gasteiger partial charge in [0.1, 0.15) is 0 Å². The molecule has 1 rings (SSSR count). The number of carbonyl (C=O) groups excluding carboxylic acids is 1. The molecule has 6 heteroatoms. The van der Waals surface area contributed by atoms with Crippen LogP contribution in [0.2, 0.25) is 0 Å². The number of amides is 1. The van der Waals surface area contributed by atoms with E-state index in [1.54, 1.807) is 7.11 Å². The van der Waals surface area contributed by atoms with Crippen molar-refractivity contribution in [3.63, 3.8) is 0 Å². The number of hydrogen-bond acceptors (Lipinski definition) is 4. The average Bonchev–Trinajstić information content (AvgIpc) is 2.38. The lowest BCUT2D eigenvalue weighted by Crippen LogP contribution is -2.30. The Morgan fingerprint density at radius 1 is 1.50 bits per heavy atom. The second-order valence-electron chi connectivity index (χ2n) is 4.49. The molecule has 20 heavy (non-hydrogen) atoms. The molecule has 0 bridgehead atoms. The number of carbonyl (C=O) groups is 1. The van der Waals surface area contributed by atoms with E-state index >= 15 is 0 Å². The van der Waals surface area contributed by atoms with Gasteiger partial charge in [-0.05, 0) is 47.5 Å². The van der Waals surface area contributed by atoms with Crippen LogP contribution in [0.5, 0.6) is 11.5 Å². The molecular formula is C14H21BrN2O3. The maximum atomic E-state index is 10.8. The van der Waals surface area contributed by atoms with Crippen LogP contribution in [-0.2, 0) is 11.3 Å². The summed E-state index contributed by atoms with van der Waals surface area (Å²) < 4.78 is 11.7. The maximum absolute atomic E-state index is 10.8. The minimum Gasteiger partial charge on any atom is -0.493 e. The zero-order valence-electron chi connectivity index (χ0n) is 12.0. The number of hydrogen-bond donors (Lipinski definition) is 2. The molecule has 0 saturated carbocycles. The van der Waals surface area contributed by atoms with E-state index < -0.39 is 0 Å². The third kappa shape index (κ3) is 5.02. The van der Waals surface area contributed by atoms with Crippen LogP contribution in [0, 0.1) is 0 Å². The predicted octanol–water partition coefficient (Wildman–Crippen LogP) is 2.21. The first-order valence-corrected chi connectivity index (χ1v) is 7.28. The smallest absolute Gasteiger partial charge is 0.218 e. The minimum absolute atomic E-state index is 0.0313. The van der Waals surface area contributed by atoms with Crippen molar-refractivity contribution in [2.75, 3.05) is 13.7 Å². The second kappa shape index (κ2) is 8.11. The van der Waals surface area contributed by atoms with Crippen molar-refractivity contribution >= 4 is 21.8 Å². The van der Waals surface area contributed by atoms with E-state index in [9.17, 15) is 4.79 Å². The molecule has 112 valence electrons. The quantitative estimate of drug-likeness (QED) is 0.758. The number of nitrogens with one attached hydrogen (secondary N) is 1. The topological polar surface area (TPSA) is 73.6 Å². The number of ether oxygens (including phenoxy) is 2. The number of halogens is 1. The van der Waals surface area contributed by atoms with Gasteiger partial charge in [0.2, 0.25) is 5.91 Å². The molecule has 1 unspecified atom stereocenters. The summed E-state index contributed by atoms with van der Waals surface area (Å²) in [6.45, 7) is 5.04. The Hall–Kier alpha value is -1.27. The van der Waals surface area contributed by atoms with Gasteiger partial charge >= 0.3 is 0 Å². The predicted molar refractivity (Wildman–Crippen MR) is 82.0 cm³/mol. The highest BCUT2D eigenvalue weighted by molar-refractivity contribution is 9.10. The summed E-state index contributed by atoms with van der Waals surface area (Å²) >= 11 is 3.48. The van der Waals surface area contributed by atoms with Crippen molar-refractivity contribution < 1.29 is 14.3 Å². The van der Waals surface area contributed by atoms with Gasteiger partial charge in [0.25, 0.3) is 0 Å². The fourth-order valence-corrected chi connectivity index (χ4v) is 2.43. The van der Waals surface area contributed by atoms with E-state index in [-0.39, 0.29) is 11.9 Å². The Morgan fingerprint density at radius 2 is 2.20 bits per heavy atom. The van der Waals surface area contributed by atoms with Crippen LogP contribution in [0.1, 0.15) is 25.8 Å². The Labute approximate surface area is 127 Å². The lowest BCUT2D eigenvalue weighted by molar-refractivity contribution is -0.118. The molecule has 0 fully saturated rings. The average molecular weight is 345 g/mol. The first-order valence-electron chi connectivity index (χ1n) is 6.48. The number of rotatable bonds is 8. The van der Waals surface area contributed by atoms with Gasteiger partial charge in [-0.25, -0.2) is 0 Å². The van der Waals surface area contributed by atoms with E-state index in [1.165, 1.54) is 0 Å². The van der Waals surface area contributed by atoms with E-state index in [0.717, 1.165) is 10.0 Å². The molecule has 0 saturated heterocycles. The Bertz CT molecular complexity index is 466. The molecule has 1 atom stereocenters. The van der Waals surface area contributed by atoms with Crippen molar-refractivity contribution in [3.8, 4) is 11.5 Å². The Kier molecular flexibility index (Phi) is 6.81. The summed E-state index contributed by atoms with van der Waals surface area (Å²) in [5.74, 6) is 1.07. The van der Waals surface area contributed by atoms with Gasteiger partial charge < -0.3 is 20.5 Å². The molecule has 0 aromatic heterocycles. The highest BCUT2D eigenvalue weighted by Gasteiger charge is 2.12. The van der Waals surface area contributed by atoms with Gasteiger partial charge in [-0.15, -0.1) is 0 Å². The highest BCUT2D eigenvalue weighted by Crippen LogP contribution is 2.36. The van der Waals surface area contributed by atoms with Gasteiger partial charge in [-0.1, -0.05) is 0 Å². The van der Waals surface area contributed by atoms with Crippen LogP contribution in [0.25, 0.3) is 0 Å². The molecule has 5 nitrogen and oxygen atoms in total. The fraction of sp³-hybridized carbons (Fsp3) is 0.500. The van der Waals surface area contributed by atoms with Crippen LogP contribution in [0.15, 0.2) is 16.6 Å². The van der Waals surface area contributed by atoms with Gasteiger partial charge in [-0.3, -0.25) is 4.79 Å². The summed E-state index contributed by atoms with van der Waals surface area (Å²) in [7, 11) is 1.61. The molecule has 0 aliphatic rings. The van der Waals surface area contributed by atoms with Crippen LogP contribution in [0.4, 0.5) is 0 Å². The Morgan fingerprint density at radius 3 is 2.75 bits per heavy atom. The van der Waals surface area contributed by atoms with Gasteiger partial charge in [0.15, 0.2) is 11.5 Å². The van der Waals surface area contributed by atoms with Gasteiger partial charge in [0.05, 0.1) is 18.2 Å². The van der Waals surface area contributed by atoms with Crippen LogP contribution >= 0.6 is 15.9 Å². The second-order valence-corrected chi connectivity index (χ2v) is 5.35. The summed E-state index contributed by atoms with van der Waals surface area (Å²) in [5.41, 5.74) is 6.20. The third-order valence-corrected chi connectivity index (χ3v) is 3.33. The number of nitrogens with two attached hydrogens (primary N) is 1. The largest absolute Gasteiger partial charge is 0.493 e. The molecule has 0 aliphatic carbocycles. The van der Waals surface area contributed by atoms with Gasteiger partial charge in [0, 0.05) is 19.0 Å². The zero-order valence-corrected chi connectivity index (χ0v) is 13.6. The van der Waals surface area contributed by atoms with Crippen molar-refractivity contribution in [3.05, 3.63) is 22.2 Å². The first-order chi connectivity index (χ1) is 9.47. The molecule has 0 radical (unpaired) electrons. The molecular weight excluding hydrogens is 324 g/mol. The van der Waals surface area contributed by atoms with E-state index in [4.69, 9.17) is 15.2 Å². The monoisotopic (exact) mass is 344 g/mol. The van der Waals surface area contributed by atoms with Crippen LogP contribution in [0.3, 0.4) is 0 Å². The van der Waals surface area contributed by atoms with Crippen LogP contribution < -0.4 is 20.5 Å². The van der Waals surface area contributed by atoms with E-state index in [1.807, 2.05) is 26.0 Å². The normalized spacial score (nSPS) is 12.0. The molecule has 1 aromatic carbocycles. The van der Waals surface area contributed by atoms with E-state index in [2.05, 4.69) is 21.2 Å². The number of methoxy groups -OCH3 is 1. The fourth-order valence-electron chi connectivity index (χ4n) is 1.83. The molecule has 1 aromatic rings. The van der Waals surface area contributed by atoms with Gasteiger partial charge in [-0.2, -0.15) is 0 Å². The standard InChI is InChI=1S/C14H21BrN2O3/c1-4-20-14-11(15)6-10(7-12(14)19-3)8-17-9(2)5-13(16)18/h6-7,9,17H,4-5,8H2,1-3H3,(H2,16,18). The first kappa shape index (κ1) is 16.8. The Balaban J connectivity index is 2.76. The maximum Gasteiger partial charge on any atom is 0.218 e. The summed E-state index contributed by atoms with van der Waals surface area (Å²) in [5, 5.41) is 3.24. The third-order valence-electron chi connectivity index (χ3n) is 2.74. The zero-order chi connectivity index (χ0) is 15.1. The molecule has 3 N–H and O–H groups in total. The SMILES string of the molecule is CCOc1c(Br)cc(CNC(C)CC(N)=O)cc1OC. The van der Waals surface area contributed by atoms with Crippen molar-refractivity contribution in [1.82, 2.24) is 5.32 Å². The number of primary amides is 1. The molecule has 0 aliphatic heterocycles. The highest BCUT2D eigenvalue weighted by atomic mass is 79.9. The summed E-state index contributed by atoms with van der Waals surface area (Å²) in [6, 6.07) is 3.92. The summed E-state index contributed by atoms with van der Waals surface area (Å²) in [4.78, 5) is 10.8. The van der Waals surface area contributed by atoms with Crippen LogP contribution in [-0.4, -0.2) is 25.7 Å². The number of benzene rings is 1. The van der Waals surface area contributed by atoms with Crippen molar-refractivity contribution in [2.24, 2.45) is 5.73 Å². The molecule has 1 amide bonds. The summed E-state index contributed by atoms with van der Waals surface area (Å²) in [6.07, 6.45) is 0.315. The lowest BCUT2D eigenvalue weighted by Gasteiger charge is -2.15. The van der Waals surface area contributed by atoms with E-state index in [0.29, 0.717) is 31.1 Å². The minimum atomic E-state index is -0.310. The lowest BCUT2D eigenvalue weighted by atomic mass is 10.1. The molecule has 0 heterocycles. The van der Waals surface area contributed by atoms with Crippen molar-refractivity contribution in [1.29, 1.82) is 0 Å². The molecule has 0 spiro atoms. The van der Waals surface area contributed by atoms with Crippen molar-refractivity contribution in [2.45, 2.75) is 32.9 Å².